The van der Waals surface area contributed by atoms with Crippen molar-refractivity contribution in [3.05, 3.63) is 59.7 Å². The highest BCUT2D eigenvalue weighted by Crippen LogP contribution is 2.04. The first-order valence-electron chi connectivity index (χ1n) is 4.64. The highest BCUT2D eigenvalue weighted by molar-refractivity contribution is 6.04. The van der Waals surface area contributed by atoms with E-state index in [0.29, 0.717) is 0 Å². The van der Waals surface area contributed by atoms with Crippen molar-refractivity contribution in [1.82, 2.24) is 0 Å². The minimum atomic E-state index is 0.0445. The zero-order valence-electron chi connectivity index (χ0n) is 8.53. The second kappa shape index (κ2) is 5.18. The number of rotatable bonds is 3. The third-order valence-electron chi connectivity index (χ3n) is 1.89. The van der Waals surface area contributed by atoms with E-state index in [4.69, 9.17) is 0 Å². The van der Waals surface area contributed by atoms with E-state index in [1.54, 1.807) is 12.2 Å². The molecule has 0 fully saturated rings. The van der Waals surface area contributed by atoms with E-state index < -0.39 is 0 Å². The second-order valence-electron chi connectivity index (χ2n) is 3.12. The van der Waals surface area contributed by atoms with Crippen LogP contribution in [0.3, 0.4) is 0 Å². The maximum Gasteiger partial charge on any atom is 0.185 e. The van der Waals surface area contributed by atoms with Crippen LogP contribution in [-0.2, 0) is 0 Å². The van der Waals surface area contributed by atoms with Gasteiger partial charge in [-0.3, -0.25) is 4.79 Å². The van der Waals surface area contributed by atoms with Gasteiger partial charge in [0.15, 0.2) is 5.78 Å². The molecule has 1 nitrogen and oxygen atoms in total. The Labute approximate surface area is 84.8 Å². The van der Waals surface area contributed by atoms with Crippen LogP contribution in [0.5, 0.6) is 0 Å². The van der Waals surface area contributed by atoms with Gasteiger partial charge in [-0.2, -0.15) is 0 Å². The highest BCUT2D eigenvalue weighted by atomic mass is 16.1. The van der Waals surface area contributed by atoms with Gasteiger partial charge in [-0.1, -0.05) is 48.1 Å². The Bertz CT molecular complexity index is 355. The number of carbonyl (C=O) groups is 1. The standard InChI is InChI=1S/C13H14O/c1-3-4-5-6-13(14)12-9-7-11(2)8-10-12/h3-10H,1-2H3/b4-3-,6-5+. The van der Waals surface area contributed by atoms with Crippen LogP contribution in [-0.4, -0.2) is 5.78 Å². The number of benzene rings is 1. The summed E-state index contributed by atoms with van der Waals surface area (Å²) in [5.74, 6) is 0.0445. The summed E-state index contributed by atoms with van der Waals surface area (Å²) in [4.78, 5) is 11.5. The van der Waals surface area contributed by atoms with Gasteiger partial charge in [-0.05, 0) is 19.9 Å². The number of hydrogen-bond acceptors (Lipinski definition) is 1. The van der Waals surface area contributed by atoms with Gasteiger partial charge >= 0.3 is 0 Å². The first-order chi connectivity index (χ1) is 6.74. The zero-order chi connectivity index (χ0) is 10.4. The van der Waals surface area contributed by atoms with E-state index in [1.165, 1.54) is 5.56 Å². The Morgan fingerprint density at radius 1 is 1.14 bits per heavy atom. The molecule has 0 N–H and O–H groups in total. The number of allylic oxidation sites excluding steroid dienone is 4. The lowest BCUT2D eigenvalue weighted by atomic mass is 10.1. The molecule has 0 saturated carbocycles. The van der Waals surface area contributed by atoms with Gasteiger partial charge in [-0.25, -0.2) is 0 Å². The molecule has 0 saturated heterocycles. The molecule has 1 rings (SSSR count). The minimum absolute atomic E-state index is 0.0445. The molecular formula is C13H14O. The van der Waals surface area contributed by atoms with E-state index in [9.17, 15) is 4.79 Å². The number of carbonyl (C=O) groups excluding carboxylic acids is 1. The van der Waals surface area contributed by atoms with Crippen LogP contribution in [0.2, 0.25) is 0 Å². The van der Waals surface area contributed by atoms with Crippen LogP contribution < -0.4 is 0 Å². The van der Waals surface area contributed by atoms with Crippen molar-refractivity contribution in [1.29, 1.82) is 0 Å². The van der Waals surface area contributed by atoms with Crippen LogP contribution in [0.15, 0.2) is 48.6 Å². The molecule has 0 spiro atoms. The predicted octanol–water partition coefficient (Wildman–Crippen LogP) is 3.31. The summed E-state index contributed by atoms with van der Waals surface area (Å²) in [5.41, 5.74) is 1.90. The van der Waals surface area contributed by atoms with Gasteiger partial charge in [0.2, 0.25) is 0 Å². The zero-order valence-corrected chi connectivity index (χ0v) is 8.53. The fraction of sp³-hybridized carbons (Fsp3) is 0.154. The van der Waals surface area contributed by atoms with Crippen molar-refractivity contribution in [3.63, 3.8) is 0 Å². The molecule has 0 atom stereocenters. The monoisotopic (exact) mass is 186 g/mol. The smallest absolute Gasteiger partial charge is 0.185 e. The topological polar surface area (TPSA) is 17.1 Å². The molecule has 14 heavy (non-hydrogen) atoms. The molecule has 0 aromatic heterocycles. The van der Waals surface area contributed by atoms with Crippen molar-refractivity contribution < 1.29 is 4.79 Å². The van der Waals surface area contributed by atoms with E-state index in [1.807, 2.05) is 50.3 Å². The molecule has 0 aliphatic carbocycles. The molecule has 0 aliphatic heterocycles. The normalized spacial score (nSPS) is 11.3. The fourth-order valence-electron chi connectivity index (χ4n) is 1.07. The van der Waals surface area contributed by atoms with Crippen LogP contribution in [0.1, 0.15) is 22.8 Å². The Morgan fingerprint density at radius 2 is 1.79 bits per heavy atom. The minimum Gasteiger partial charge on any atom is -0.289 e. The summed E-state index contributed by atoms with van der Waals surface area (Å²) in [6.45, 7) is 3.92. The lowest BCUT2D eigenvalue weighted by molar-refractivity contribution is 0.104. The van der Waals surface area contributed by atoms with Crippen LogP contribution >= 0.6 is 0 Å². The lowest BCUT2D eigenvalue weighted by Gasteiger charge is -1.95. The fourth-order valence-corrected chi connectivity index (χ4v) is 1.07. The molecule has 0 bridgehead atoms. The average Bonchev–Trinajstić information content (AvgIpc) is 2.19. The predicted molar refractivity (Wildman–Crippen MR) is 59.5 cm³/mol. The van der Waals surface area contributed by atoms with Crippen molar-refractivity contribution in [3.8, 4) is 0 Å². The maximum atomic E-state index is 11.5. The quantitative estimate of drug-likeness (QED) is 0.402. The molecule has 1 heteroatoms. The second-order valence-corrected chi connectivity index (χ2v) is 3.12. The summed E-state index contributed by atoms with van der Waals surface area (Å²) in [6, 6.07) is 7.57. The lowest BCUT2D eigenvalue weighted by Crippen LogP contribution is -1.93. The summed E-state index contributed by atoms with van der Waals surface area (Å²) in [7, 11) is 0. The summed E-state index contributed by atoms with van der Waals surface area (Å²) >= 11 is 0. The van der Waals surface area contributed by atoms with Gasteiger partial charge in [0.1, 0.15) is 0 Å². The summed E-state index contributed by atoms with van der Waals surface area (Å²) < 4.78 is 0. The van der Waals surface area contributed by atoms with Gasteiger partial charge < -0.3 is 0 Å². The highest BCUT2D eigenvalue weighted by Gasteiger charge is 1.98. The molecule has 1 aromatic carbocycles. The molecule has 0 amide bonds. The van der Waals surface area contributed by atoms with Gasteiger partial charge in [0.25, 0.3) is 0 Å². The Balaban J connectivity index is 2.75. The SMILES string of the molecule is C/C=C\C=C\C(=O)c1ccc(C)cc1. The summed E-state index contributed by atoms with van der Waals surface area (Å²) in [5, 5.41) is 0. The first-order valence-corrected chi connectivity index (χ1v) is 4.64. The van der Waals surface area contributed by atoms with Gasteiger partial charge in [0.05, 0.1) is 0 Å². The van der Waals surface area contributed by atoms with Crippen LogP contribution in [0.4, 0.5) is 0 Å². The molecule has 72 valence electrons. The number of aryl methyl sites for hydroxylation is 1. The molecule has 0 unspecified atom stereocenters. The van der Waals surface area contributed by atoms with E-state index in [-0.39, 0.29) is 5.78 Å². The maximum absolute atomic E-state index is 11.5. The average molecular weight is 186 g/mol. The molecular weight excluding hydrogens is 172 g/mol. The first kappa shape index (κ1) is 10.5. The van der Waals surface area contributed by atoms with Gasteiger partial charge in [-0.15, -0.1) is 0 Å². The number of hydrogen-bond donors (Lipinski definition) is 0. The van der Waals surface area contributed by atoms with E-state index >= 15 is 0 Å². The van der Waals surface area contributed by atoms with Crippen molar-refractivity contribution >= 4 is 5.78 Å². The number of ketones is 1. The Kier molecular flexibility index (Phi) is 3.86. The van der Waals surface area contributed by atoms with Crippen LogP contribution in [0, 0.1) is 6.92 Å². The molecule has 1 aromatic rings. The van der Waals surface area contributed by atoms with Crippen molar-refractivity contribution in [2.45, 2.75) is 13.8 Å². The third kappa shape index (κ3) is 3.02. The van der Waals surface area contributed by atoms with Crippen molar-refractivity contribution in [2.24, 2.45) is 0 Å². The van der Waals surface area contributed by atoms with Crippen molar-refractivity contribution in [2.75, 3.05) is 0 Å². The Morgan fingerprint density at radius 3 is 2.36 bits per heavy atom. The summed E-state index contributed by atoms with van der Waals surface area (Å²) in [6.07, 6.45) is 7.05. The van der Waals surface area contributed by atoms with Gasteiger partial charge in [0, 0.05) is 5.56 Å². The van der Waals surface area contributed by atoms with Crippen LogP contribution in [0.25, 0.3) is 0 Å². The Hall–Kier alpha value is -1.63. The van der Waals surface area contributed by atoms with E-state index in [2.05, 4.69) is 0 Å². The molecule has 0 aliphatic rings. The largest absolute Gasteiger partial charge is 0.289 e. The molecule has 0 heterocycles. The molecule has 0 radical (unpaired) electrons. The third-order valence-corrected chi connectivity index (χ3v) is 1.89. The van der Waals surface area contributed by atoms with E-state index in [0.717, 1.165) is 5.56 Å².